The number of amides is 1. The molecule has 0 aromatic heterocycles. The Labute approximate surface area is 127 Å². The van der Waals surface area contributed by atoms with Gasteiger partial charge in [0, 0.05) is 24.3 Å². The van der Waals surface area contributed by atoms with Crippen molar-refractivity contribution >= 4 is 40.5 Å². The molecule has 0 aliphatic carbocycles. The molecule has 1 aromatic rings. The summed E-state index contributed by atoms with van der Waals surface area (Å²) in [4.78, 5) is 11.7. The van der Waals surface area contributed by atoms with Gasteiger partial charge in [-0.3, -0.25) is 4.79 Å². The van der Waals surface area contributed by atoms with Crippen LogP contribution in [0, 0.1) is 11.3 Å². The van der Waals surface area contributed by atoms with E-state index in [0.29, 0.717) is 35.2 Å². The van der Waals surface area contributed by atoms with Crippen LogP contribution >= 0.6 is 23.2 Å². The SMILES string of the molecule is N#C/C(=C/Nc1ccc(N)c(Cl)c1)C(=O)NCCCCl. The van der Waals surface area contributed by atoms with Gasteiger partial charge in [0.05, 0.1) is 10.7 Å². The molecule has 1 aromatic carbocycles. The molecule has 1 amide bonds. The third-order valence-electron chi connectivity index (χ3n) is 2.34. The number of rotatable bonds is 6. The molecule has 106 valence electrons. The number of carbonyl (C=O) groups excluding carboxylic acids is 1. The number of halogens is 2. The van der Waals surface area contributed by atoms with E-state index in [-0.39, 0.29) is 5.57 Å². The van der Waals surface area contributed by atoms with Gasteiger partial charge in [-0.25, -0.2) is 0 Å². The number of carbonyl (C=O) groups is 1. The Morgan fingerprint density at radius 1 is 1.50 bits per heavy atom. The summed E-state index contributed by atoms with van der Waals surface area (Å²) in [6, 6.07) is 6.75. The van der Waals surface area contributed by atoms with E-state index in [2.05, 4.69) is 10.6 Å². The average molecular weight is 313 g/mol. The number of hydrogen-bond donors (Lipinski definition) is 3. The summed E-state index contributed by atoms with van der Waals surface area (Å²) in [5.41, 5.74) is 6.64. The lowest BCUT2D eigenvalue weighted by atomic mass is 10.2. The molecule has 0 bridgehead atoms. The minimum absolute atomic E-state index is 0.0347. The lowest BCUT2D eigenvalue weighted by Gasteiger charge is -2.05. The van der Waals surface area contributed by atoms with Gasteiger partial charge in [-0.1, -0.05) is 11.6 Å². The third-order valence-corrected chi connectivity index (χ3v) is 2.94. The van der Waals surface area contributed by atoms with Crippen LogP contribution in [0.5, 0.6) is 0 Å². The van der Waals surface area contributed by atoms with Crippen molar-refractivity contribution in [3.05, 3.63) is 35.0 Å². The monoisotopic (exact) mass is 312 g/mol. The first kappa shape index (κ1) is 16.2. The molecule has 0 aliphatic heterocycles. The quantitative estimate of drug-likeness (QED) is 0.247. The van der Waals surface area contributed by atoms with Gasteiger partial charge in [0.2, 0.25) is 0 Å². The van der Waals surface area contributed by atoms with Gasteiger partial charge in [-0.05, 0) is 24.6 Å². The Morgan fingerprint density at radius 2 is 2.25 bits per heavy atom. The van der Waals surface area contributed by atoms with E-state index in [9.17, 15) is 4.79 Å². The maximum absolute atomic E-state index is 11.7. The lowest BCUT2D eigenvalue weighted by Crippen LogP contribution is -2.26. The fraction of sp³-hybridized carbons (Fsp3) is 0.231. The van der Waals surface area contributed by atoms with E-state index < -0.39 is 5.91 Å². The number of nitrogen functional groups attached to an aromatic ring is 1. The molecule has 0 aliphatic rings. The summed E-state index contributed by atoms with van der Waals surface area (Å²) >= 11 is 11.4. The van der Waals surface area contributed by atoms with Gasteiger partial charge in [-0.2, -0.15) is 5.26 Å². The molecule has 20 heavy (non-hydrogen) atoms. The highest BCUT2D eigenvalue weighted by Gasteiger charge is 2.07. The molecule has 1 rings (SSSR count). The molecule has 0 atom stereocenters. The molecule has 7 heteroatoms. The number of nitrogens with two attached hydrogens (primary N) is 1. The number of anilines is 2. The van der Waals surface area contributed by atoms with Crippen molar-refractivity contribution in [1.29, 1.82) is 5.26 Å². The summed E-state index contributed by atoms with van der Waals surface area (Å²) in [5, 5.41) is 14.7. The van der Waals surface area contributed by atoms with E-state index in [0.717, 1.165) is 0 Å². The number of nitrogens with zero attached hydrogens (tertiary/aromatic N) is 1. The lowest BCUT2D eigenvalue weighted by molar-refractivity contribution is -0.117. The molecule has 0 saturated carbocycles. The second-order valence-corrected chi connectivity index (χ2v) is 4.63. The van der Waals surface area contributed by atoms with Crippen molar-refractivity contribution in [1.82, 2.24) is 5.32 Å². The fourth-order valence-electron chi connectivity index (χ4n) is 1.28. The van der Waals surface area contributed by atoms with Crippen molar-refractivity contribution < 1.29 is 4.79 Å². The van der Waals surface area contributed by atoms with Gasteiger partial charge in [0.1, 0.15) is 11.6 Å². The summed E-state index contributed by atoms with van der Waals surface area (Å²) in [6.07, 6.45) is 1.96. The van der Waals surface area contributed by atoms with E-state index in [4.69, 9.17) is 34.2 Å². The predicted molar refractivity (Wildman–Crippen MR) is 81.5 cm³/mol. The number of nitrogens with one attached hydrogen (secondary N) is 2. The van der Waals surface area contributed by atoms with E-state index in [1.54, 1.807) is 18.2 Å². The highest BCUT2D eigenvalue weighted by Crippen LogP contribution is 2.22. The molecule has 5 nitrogen and oxygen atoms in total. The first-order valence-electron chi connectivity index (χ1n) is 5.84. The van der Waals surface area contributed by atoms with Crippen molar-refractivity contribution in [2.24, 2.45) is 0 Å². The molecule has 4 N–H and O–H groups in total. The van der Waals surface area contributed by atoms with E-state index in [1.165, 1.54) is 6.20 Å². The number of alkyl halides is 1. The van der Waals surface area contributed by atoms with Crippen LogP contribution < -0.4 is 16.4 Å². The average Bonchev–Trinajstić information content (AvgIpc) is 2.43. The molecule has 0 spiro atoms. The summed E-state index contributed by atoms with van der Waals surface area (Å²) in [6.45, 7) is 0.426. The van der Waals surface area contributed by atoms with Crippen LogP contribution in [-0.2, 0) is 4.79 Å². The second-order valence-electron chi connectivity index (χ2n) is 3.85. The van der Waals surface area contributed by atoms with Crippen molar-refractivity contribution in [3.63, 3.8) is 0 Å². The zero-order valence-electron chi connectivity index (χ0n) is 10.6. The number of nitriles is 1. The van der Waals surface area contributed by atoms with Crippen LogP contribution in [0.2, 0.25) is 5.02 Å². The molecular formula is C13H14Cl2N4O. The molecule has 0 unspecified atom stereocenters. The van der Waals surface area contributed by atoms with Crippen molar-refractivity contribution in [3.8, 4) is 6.07 Å². The van der Waals surface area contributed by atoms with Crippen LogP contribution in [0.4, 0.5) is 11.4 Å². The normalized spacial score (nSPS) is 10.8. The topological polar surface area (TPSA) is 90.9 Å². The standard InChI is InChI=1S/C13H14Cl2N4O/c14-4-1-5-18-13(20)9(7-16)8-19-10-2-3-12(17)11(15)6-10/h2-3,6,8,19H,1,4-5,17H2,(H,18,20)/b9-8-. The van der Waals surface area contributed by atoms with E-state index in [1.807, 2.05) is 6.07 Å². The summed E-state index contributed by atoms with van der Waals surface area (Å²) in [5.74, 6) is 0.000280. The third kappa shape index (κ3) is 5.00. The smallest absolute Gasteiger partial charge is 0.263 e. The van der Waals surface area contributed by atoms with Gasteiger partial charge in [-0.15, -0.1) is 11.6 Å². The maximum Gasteiger partial charge on any atom is 0.263 e. The maximum atomic E-state index is 11.7. The Balaban J connectivity index is 2.67. The number of hydrogen-bond acceptors (Lipinski definition) is 4. The zero-order chi connectivity index (χ0) is 15.0. The molecule has 0 fully saturated rings. The molecular weight excluding hydrogens is 299 g/mol. The summed E-state index contributed by atoms with van der Waals surface area (Å²) < 4.78 is 0. The van der Waals surface area contributed by atoms with Gasteiger partial charge in [0.15, 0.2) is 0 Å². The molecule has 0 saturated heterocycles. The van der Waals surface area contributed by atoms with Crippen LogP contribution in [0.25, 0.3) is 0 Å². The summed E-state index contributed by atoms with van der Waals surface area (Å²) in [7, 11) is 0. The minimum atomic E-state index is -0.452. The second kappa shape index (κ2) is 8.31. The van der Waals surface area contributed by atoms with Crippen LogP contribution in [0.3, 0.4) is 0 Å². The van der Waals surface area contributed by atoms with Gasteiger partial charge >= 0.3 is 0 Å². The molecule has 0 radical (unpaired) electrons. The highest BCUT2D eigenvalue weighted by molar-refractivity contribution is 6.33. The fourth-order valence-corrected chi connectivity index (χ4v) is 1.60. The first-order valence-corrected chi connectivity index (χ1v) is 6.75. The van der Waals surface area contributed by atoms with Crippen LogP contribution in [-0.4, -0.2) is 18.3 Å². The number of benzene rings is 1. The van der Waals surface area contributed by atoms with Crippen molar-refractivity contribution in [2.45, 2.75) is 6.42 Å². The van der Waals surface area contributed by atoms with Crippen molar-refractivity contribution in [2.75, 3.05) is 23.5 Å². The Kier molecular flexibility index (Phi) is 6.71. The Bertz CT molecular complexity index is 552. The highest BCUT2D eigenvalue weighted by atomic mass is 35.5. The van der Waals surface area contributed by atoms with Crippen LogP contribution in [0.15, 0.2) is 30.0 Å². The largest absolute Gasteiger partial charge is 0.398 e. The van der Waals surface area contributed by atoms with Crippen LogP contribution in [0.1, 0.15) is 6.42 Å². The zero-order valence-corrected chi connectivity index (χ0v) is 12.1. The Hall–Kier alpha value is -1.90. The minimum Gasteiger partial charge on any atom is -0.398 e. The van der Waals surface area contributed by atoms with Gasteiger partial charge in [0.25, 0.3) is 5.91 Å². The predicted octanol–water partition coefficient (Wildman–Crippen LogP) is 2.49. The Morgan fingerprint density at radius 3 is 2.85 bits per heavy atom. The van der Waals surface area contributed by atoms with Gasteiger partial charge < -0.3 is 16.4 Å². The first-order chi connectivity index (χ1) is 9.58. The molecule has 0 heterocycles. The van der Waals surface area contributed by atoms with E-state index >= 15 is 0 Å².